The molecule has 0 bridgehead atoms. The normalized spacial score (nSPS) is 19.7. The highest BCUT2D eigenvalue weighted by molar-refractivity contribution is 5.95. The Morgan fingerprint density at radius 3 is 2.76 bits per heavy atom. The Balaban J connectivity index is 2.25. The average Bonchev–Trinajstić information content (AvgIpc) is 2.13. The van der Waals surface area contributed by atoms with Crippen LogP contribution in [0.25, 0.3) is 0 Å². The summed E-state index contributed by atoms with van der Waals surface area (Å²) in [7, 11) is 0. The lowest BCUT2D eigenvalue weighted by molar-refractivity contribution is 0.00911. The minimum atomic E-state index is -0.467. The van der Waals surface area contributed by atoms with Crippen LogP contribution in [-0.4, -0.2) is 22.8 Å². The summed E-state index contributed by atoms with van der Waals surface area (Å²) in [5.41, 5.74) is 0.988. The van der Waals surface area contributed by atoms with Crippen molar-refractivity contribution in [2.24, 2.45) is 0 Å². The van der Waals surface area contributed by atoms with Gasteiger partial charge in [0.15, 0.2) is 6.23 Å². The number of ether oxygens (including phenoxy) is 1. The summed E-state index contributed by atoms with van der Waals surface area (Å²) in [5, 5.41) is 12.8. The first-order valence-electron chi connectivity index (χ1n) is 5.66. The van der Waals surface area contributed by atoms with Crippen LogP contribution in [0.5, 0.6) is 5.75 Å². The van der Waals surface area contributed by atoms with Crippen molar-refractivity contribution in [1.82, 2.24) is 5.32 Å². The van der Waals surface area contributed by atoms with Crippen LogP contribution >= 0.6 is 0 Å². The molecule has 0 aromatic heterocycles. The third-order valence-corrected chi connectivity index (χ3v) is 2.58. The number of rotatable bonds is 1. The first-order chi connectivity index (χ1) is 7.87. The van der Waals surface area contributed by atoms with E-state index in [1.54, 1.807) is 6.07 Å². The Morgan fingerprint density at radius 2 is 2.12 bits per heavy atom. The Hall–Kier alpha value is -1.55. The Kier molecular flexibility index (Phi) is 2.83. The van der Waals surface area contributed by atoms with E-state index in [4.69, 9.17) is 4.74 Å². The van der Waals surface area contributed by atoms with Crippen molar-refractivity contribution in [2.45, 2.75) is 39.0 Å². The van der Waals surface area contributed by atoms with Crippen LogP contribution in [-0.2, 0) is 11.2 Å². The average molecular weight is 235 g/mol. The van der Waals surface area contributed by atoms with Gasteiger partial charge in [-0.15, -0.1) is 0 Å². The standard InChI is InChI=1S/C13H17NO3/c1-13(2,3)14-10-7-8-5-4-6-9(15)11(8)12(16)17-10/h4-6,10,14-15H,7H2,1-3H3. The molecule has 2 N–H and O–H groups in total. The molecule has 1 heterocycles. The Labute approximate surface area is 101 Å². The van der Waals surface area contributed by atoms with Gasteiger partial charge in [0.25, 0.3) is 0 Å². The lowest BCUT2D eigenvalue weighted by Crippen LogP contribution is -2.48. The first kappa shape index (κ1) is 11.9. The predicted molar refractivity (Wildman–Crippen MR) is 63.9 cm³/mol. The summed E-state index contributed by atoms with van der Waals surface area (Å²) in [4.78, 5) is 11.8. The van der Waals surface area contributed by atoms with Gasteiger partial charge < -0.3 is 9.84 Å². The van der Waals surface area contributed by atoms with Crippen LogP contribution in [0.3, 0.4) is 0 Å². The number of cyclic esters (lactones) is 1. The van der Waals surface area contributed by atoms with Gasteiger partial charge >= 0.3 is 5.97 Å². The molecule has 0 saturated carbocycles. The van der Waals surface area contributed by atoms with Crippen molar-refractivity contribution >= 4 is 5.97 Å². The molecule has 1 aromatic carbocycles. The Bertz CT molecular complexity index is 448. The van der Waals surface area contributed by atoms with Crippen LogP contribution in [0.15, 0.2) is 18.2 Å². The fourth-order valence-electron chi connectivity index (χ4n) is 1.99. The molecule has 0 radical (unpaired) electrons. The molecule has 1 aromatic rings. The zero-order valence-corrected chi connectivity index (χ0v) is 10.3. The van der Waals surface area contributed by atoms with Crippen LogP contribution < -0.4 is 5.32 Å². The van der Waals surface area contributed by atoms with Crippen LogP contribution in [0, 0.1) is 0 Å². The van der Waals surface area contributed by atoms with E-state index in [9.17, 15) is 9.90 Å². The Morgan fingerprint density at radius 1 is 1.41 bits per heavy atom. The van der Waals surface area contributed by atoms with Gasteiger partial charge in [-0.1, -0.05) is 12.1 Å². The van der Waals surface area contributed by atoms with Gasteiger partial charge in [-0.25, -0.2) is 4.79 Å². The molecule has 1 aliphatic heterocycles. The zero-order chi connectivity index (χ0) is 12.6. The maximum Gasteiger partial charge on any atom is 0.343 e. The van der Waals surface area contributed by atoms with E-state index in [2.05, 4.69) is 5.32 Å². The van der Waals surface area contributed by atoms with Gasteiger partial charge in [-0.2, -0.15) is 0 Å². The first-order valence-corrected chi connectivity index (χ1v) is 5.66. The maximum absolute atomic E-state index is 11.8. The van der Waals surface area contributed by atoms with Gasteiger partial charge in [0.1, 0.15) is 11.3 Å². The summed E-state index contributed by atoms with van der Waals surface area (Å²) < 4.78 is 5.26. The molecule has 0 spiro atoms. The minimum Gasteiger partial charge on any atom is -0.507 e. The predicted octanol–water partition coefficient (Wildman–Crippen LogP) is 1.82. The third kappa shape index (κ3) is 2.58. The summed E-state index contributed by atoms with van der Waals surface area (Å²) in [6.07, 6.45) is 0.240. The molecule has 1 unspecified atom stereocenters. The second-order valence-electron chi connectivity index (χ2n) is 5.30. The van der Waals surface area contributed by atoms with E-state index in [1.165, 1.54) is 6.07 Å². The van der Waals surface area contributed by atoms with Crippen LogP contribution in [0.1, 0.15) is 36.7 Å². The van der Waals surface area contributed by atoms with Crippen molar-refractivity contribution in [2.75, 3.05) is 0 Å². The molecule has 17 heavy (non-hydrogen) atoms. The molecular formula is C13H17NO3. The topological polar surface area (TPSA) is 58.6 Å². The number of esters is 1. The summed E-state index contributed by atoms with van der Waals surface area (Å²) in [5.74, 6) is -0.479. The lowest BCUT2D eigenvalue weighted by Gasteiger charge is -2.31. The van der Waals surface area contributed by atoms with Gasteiger partial charge in [0, 0.05) is 12.0 Å². The monoisotopic (exact) mass is 235 g/mol. The number of nitrogens with one attached hydrogen (secondary N) is 1. The molecule has 4 nitrogen and oxygen atoms in total. The molecule has 1 atom stereocenters. The van der Waals surface area contributed by atoms with Crippen molar-refractivity contribution in [3.8, 4) is 5.75 Å². The number of carbonyl (C=O) groups excluding carboxylic acids is 1. The summed E-state index contributed by atoms with van der Waals surface area (Å²) in [6.45, 7) is 6.04. The second-order valence-corrected chi connectivity index (χ2v) is 5.30. The zero-order valence-electron chi connectivity index (χ0n) is 10.3. The molecule has 0 saturated heterocycles. The van der Waals surface area contributed by atoms with E-state index in [-0.39, 0.29) is 17.5 Å². The van der Waals surface area contributed by atoms with Gasteiger partial charge in [0.05, 0.1) is 0 Å². The van der Waals surface area contributed by atoms with Gasteiger partial charge in [0.2, 0.25) is 0 Å². The van der Waals surface area contributed by atoms with E-state index in [1.807, 2.05) is 26.8 Å². The van der Waals surface area contributed by atoms with E-state index in [0.717, 1.165) is 5.56 Å². The van der Waals surface area contributed by atoms with Gasteiger partial charge in [-0.3, -0.25) is 5.32 Å². The molecule has 0 amide bonds. The number of aromatic hydroxyl groups is 1. The summed E-state index contributed by atoms with van der Waals surface area (Å²) in [6, 6.07) is 5.07. The SMILES string of the molecule is CC(C)(C)NC1Cc2cccc(O)c2C(=O)O1. The van der Waals surface area contributed by atoms with Crippen molar-refractivity contribution in [3.63, 3.8) is 0 Å². The number of benzene rings is 1. The van der Waals surface area contributed by atoms with E-state index < -0.39 is 5.97 Å². The molecule has 0 aliphatic carbocycles. The number of carbonyl (C=O) groups is 1. The van der Waals surface area contributed by atoms with Gasteiger partial charge in [-0.05, 0) is 32.4 Å². The molecular weight excluding hydrogens is 218 g/mol. The molecule has 0 fully saturated rings. The number of phenols is 1. The highest BCUT2D eigenvalue weighted by Gasteiger charge is 2.30. The molecule has 4 heteroatoms. The maximum atomic E-state index is 11.8. The fourth-order valence-corrected chi connectivity index (χ4v) is 1.99. The van der Waals surface area contributed by atoms with E-state index in [0.29, 0.717) is 12.0 Å². The largest absolute Gasteiger partial charge is 0.507 e. The van der Waals surface area contributed by atoms with Crippen molar-refractivity contribution < 1.29 is 14.6 Å². The van der Waals surface area contributed by atoms with Crippen LogP contribution in [0.2, 0.25) is 0 Å². The highest BCUT2D eigenvalue weighted by atomic mass is 16.6. The number of fused-ring (bicyclic) bond motifs is 1. The molecule has 1 aliphatic rings. The second kappa shape index (κ2) is 4.04. The van der Waals surface area contributed by atoms with E-state index >= 15 is 0 Å². The third-order valence-electron chi connectivity index (χ3n) is 2.58. The molecule has 92 valence electrons. The number of hydrogen-bond acceptors (Lipinski definition) is 4. The van der Waals surface area contributed by atoms with Crippen molar-refractivity contribution in [1.29, 1.82) is 0 Å². The fraction of sp³-hybridized carbons (Fsp3) is 0.462. The van der Waals surface area contributed by atoms with Crippen molar-refractivity contribution in [3.05, 3.63) is 29.3 Å². The lowest BCUT2D eigenvalue weighted by atomic mass is 9.99. The number of phenolic OH excluding ortho intramolecular Hbond substituents is 1. The van der Waals surface area contributed by atoms with Crippen LogP contribution in [0.4, 0.5) is 0 Å². The smallest absolute Gasteiger partial charge is 0.343 e. The minimum absolute atomic E-state index is 0.0123. The highest BCUT2D eigenvalue weighted by Crippen LogP contribution is 2.27. The number of hydrogen-bond donors (Lipinski definition) is 2. The summed E-state index contributed by atoms with van der Waals surface area (Å²) >= 11 is 0. The molecule has 2 rings (SSSR count). The quantitative estimate of drug-likeness (QED) is 0.729.